The molecule has 0 aliphatic carbocycles. The van der Waals surface area contributed by atoms with Crippen molar-refractivity contribution < 1.29 is 5.75 Å². The van der Waals surface area contributed by atoms with Gasteiger partial charge in [0.05, 0.1) is 0 Å². The van der Waals surface area contributed by atoms with Crippen molar-refractivity contribution in [2.24, 2.45) is 0 Å². The molecule has 0 atom stereocenters. The minimum absolute atomic E-state index is 0.423. The minimum atomic E-state index is -0.423. The molecule has 0 saturated heterocycles. The standard InChI is InChI=1S/C7H10N2.2C5H5N.3HI.Ir/c1-8-5-7-3-2-4-9-6-7;2*1-2-4-6-5-3-1;;;;/h2-4,6,8H,5H2,1H3;2*1-5H;3*1H;/q;;;;;;+3/p-3. The first-order valence-electron chi connectivity index (χ1n) is 7.04. The summed E-state index contributed by atoms with van der Waals surface area (Å²) in [6, 6.07) is 15.4. The second-order valence-electron chi connectivity index (χ2n) is 4.08. The number of hydrogen-bond donors (Lipinski definition) is 1. The van der Waals surface area contributed by atoms with Gasteiger partial charge in [-0.15, -0.1) is 0 Å². The first-order chi connectivity index (χ1) is 12.2. The smallest absolute Gasteiger partial charge is 0.0267 e. The van der Waals surface area contributed by atoms with Crippen LogP contribution in [0.25, 0.3) is 0 Å². The van der Waals surface area contributed by atoms with Crippen molar-refractivity contribution in [3.63, 3.8) is 0 Å². The summed E-state index contributed by atoms with van der Waals surface area (Å²) in [7, 11) is 1.92. The van der Waals surface area contributed by atoms with Crippen LogP contribution < -0.4 is 5.32 Å². The Morgan fingerprint density at radius 3 is 1.44 bits per heavy atom. The molecule has 25 heavy (non-hydrogen) atoms. The van der Waals surface area contributed by atoms with Crippen LogP contribution in [0.2, 0.25) is 0 Å². The third-order valence-corrected chi connectivity index (χ3v) is 2.24. The molecule has 0 bridgehead atoms. The molecular formula is C17H20I3IrN4. The molecular weight excluding hydrogens is 833 g/mol. The van der Waals surface area contributed by atoms with Crippen LogP contribution in [0.5, 0.6) is 0 Å². The summed E-state index contributed by atoms with van der Waals surface area (Å²) in [5.74, 6) is -0.423. The van der Waals surface area contributed by atoms with Gasteiger partial charge in [-0.2, -0.15) is 0 Å². The molecule has 1 N–H and O–H groups in total. The van der Waals surface area contributed by atoms with Gasteiger partial charge in [0.25, 0.3) is 0 Å². The quantitative estimate of drug-likeness (QED) is 0.341. The molecule has 3 aromatic rings. The molecule has 3 rings (SSSR count). The van der Waals surface area contributed by atoms with Gasteiger partial charge in [0.2, 0.25) is 0 Å². The number of pyridine rings is 3. The van der Waals surface area contributed by atoms with E-state index in [4.69, 9.17) is 0 Å². The summed E-state index contributed by atoms with van der Waals surface area (Å²) < 4.78 is 0. The fourth-order valence-electron chi connectivity index (χ4n) is 1.33. The minimum Gasteiger partial charge on any atom is -0.265 e. The summed E-state index contributed by atoms with van der Waals surface area (Å²) >= 11 is 7.45. The van der Waals surface area contributed by atoms with E-state index in [1.807, 2.05) is 61.8 Å². The van der Waals surface area contributed by atoms with Crippen molar-refractivity contribution in [1.29, 1.82) is 0 Å². The van der Waals surface area contributed by atoms with E-state index in [0.29, 0.717) is 0 Å². The van der Waals surface area contributed by atoms with E-state index in [9.17, 15) is 0 Å². The molecule has 0 unspecified atom stereocenters. The summed E-state index contributed by atoms with van der Waals surface area (Å²) in [6.07, 6.45) is 10.6. The van der Waals surface area contributed by atoms with Crippen molar-refractivity contribution in [2.75, 3.05) is 7.05 Å². The Morgan fingerprint density at radius 2 is 1.20 bits per heavy atom. The molecule has 0 aliphatic heterocycles. The molecule has 0 aromatic carbocycles. The van der Waals surface area contributed by atoms with Gasteiger partial charge in [0.1, 0.15) is 0 Å². The summed E-state index contributed by atoms with van der Waals surface area (Å²) in [5.41, 5.74) is 1.22. The van der Waals surface area contributed by atoms with E-state index in [1.54, 1.807) is 31.0 Å². The van der Waals surface area contributed by atoms with Gasteiger partial charge in [0, 0.05) is 43.7 Å². The summed E-state index contributed by atoms with van der Waals surface area (Å²) in [6.45, 7) is 0.897. The van der Waals surface area contributed by atoms with Crippen LogP contribution in [-0.4, -0.2) is 22.0 Å². The van der Waals surface area contributed by atoms with E-state index < -0.39 is 5.75 Å². The topological polar surface area (TPSA) is 50.7 Å². The normalized spacial score (nSPS) is 9.04. The Morgan fingerprint density at radius 1 is 0.760 bits per heavy atom. The maximum Gasteiger partial charge on any atom is 0.0267 e. The Hall–Kier alpha value is 0.249. The molecule has 0 fully saturated rings. The predicted octanol–water partition coefficient (Wildman–Crippen LogP) is 5.62. The van der Waals surface area contributed by atoms with Crippen molar-refractivity contribution in [3.8, 4) is 0 Å². The van der Waals surface area contributed by atoms with Gasteiger partial charge in [0.15, 0.2) is 0 Å². The zero-order valence-corrected chi connectivity index (χ0v) is 22.5. The Bertz CT molecular complexity index is 502. The maximum atomic E-state index is 3.96. The number of hydrogen-bond acceptors (Lipinski definition) is 4. The molecule has 3 heterocycles. The largest absolute Gasteiger partial charge is 0.265 e. The number of nitrogens with zero attached hydrogens (tertiary/aromatic N) is 3. The van der Waals surface area contributed by atoms with Crippen LogP contribution in [0.15, 0.2) is 85.7 Å². The van der Waals surface area contributed by atoms with Crippen LogP contribution in [0.4, 0.5) is 0 Å². The fraction of sp³-hybridized carbons (Fsp3) is 0.118. The SMILES string of the molecule is CNCc1cccnc1.[I][Ir]([I])[I].c1ccncc1.c1ccncc1. The van der Waals surface area contributed by atoms with Crippen molar-refractivity contribution in [3.05, 3.63) is 91.3 Å². The van der Waals surface area contributed by atoms with Gasteiger partial charge in [-0.1, -0.05) is 18.2 Å². The van der Waals surface area contributed by atoms with E-state index in [2.05, 4.69) is 79.0 Å². The molecule has 0 aliphatic rings. The zero-order chi connectivity index (χ0) is 18.6. The van der Waals surface area contributed by atoms with E-state index in [-0.39, 0.29) is 0 Å². The van der Waals surface area contributed by atoms with Crippen LogP contribution in [0, 0.1) is 0 Å². The third-order valence-electron chi connectivity index (χ3n) is 2.24. The Kier molecular flexibility index (Phi) is 20.8. The molecule has 0 spiro atoms. The Labute approximate surface area is 187 Å². The fourth-order valence-corrected chi connectivity index (χ4v) is 1.33. The number of halogens is 3. The molecule has 0 saturated carbocycles. The zero-order valence-electron chi connectivity index (χ0n) is 13.6. The summed E-state index contributed by atoms with van der Waals surface area (Å²) in [5, 5.41) is 3.04. The van der Waals surface area contributed by atoms with Crippen molar-refractivity contribution in [1.82, 2.24) is 20.3 Å². The van der Waals surface area contributed by atoms with Crippen molar-refractivity contribution in [2.45, 2.75) is 6.54 Å². The first kappa shape index (κ1) is 25.2. The predicted molar refractivity (Wildman–Crippen MR) is 128 cm³/mol. The molecule has 0 amide bonds. The molecule has 3 aromatic heterocycles. The van der Waals surface area contributed by atoms with E-state index in [0.717, 1.165) is 6.54 Å². The monoisotopic (exact) mass is 854 g/mol. The third kappa shape index (κ3) is 22.2. The number of aromatic nitrogens is 3. The maximum absolute atomic E-state index is 3.96. The van der Waals surface area contributed by atoms with Gasteiger partial charge in [-0.3, -0.25) is 15.0 Å². The van der Waals surface area contributed by atoms with Gasteiger partial charge in [-0.25, -0.2) is 0 Å². The number of nitrogens with one attached hydrogen (secondary N) is 1. The van der Waals surface area contributed by atoms with Crippen LogP contribution in [0.3, 0.4) is 0 Å². The molecule has 4 nitrogen and oxygen atoms in total. The van der Waals surface area contributed by atoms with Crippen molar-refractivity contribution >= 4 is 58.8 Å². The molecule has 8 heteroatoms. The second-order valence-corrected chi connectivity index (χ2v) is 56.6. The Balaban J connectivity index is 0.000000321. The van der Waals surface area contributed by atoms with Crippen LogP contribution >= 0.6 is 58.8 Å². The number of rotatable bonds is 2. The van der Waals surface area contributed by atoms with Gasteiger partial charge in [-0.05, 0) is 42.9 Å². The van der Waals surface area contributed by atoms with Crippen LogP contribution in [-0.2, 0) is 12.3 Å². The first-order valence-corrected chi connectivity index (χ1v) is 27.4. The van der Waals surface area contributed by atoms with Gasteiger partial charge >= 0.3 is 64.5 Å². The van der Waals surface area contributed by atoms with E-state index in [1.165, 1.54) is 5.56 Å². The average molecular weight is 853 g/mol. The van der Waals surface area contributed by atoms with Crippen LogP contribution in [0.1, 0.15) is 5.56 Å². The van der Waals surface area contributed by atoms with Gasteiger partial charge < -0.3 is 5.32 Å². The second kappa shape index (κ2) is 20.6. The molecule has 0 radical (unpaired) electrons. The van der Waals surface area contributed by atoms with E-state index >= 15 is 0 Å². The molecule has 138 valence electrons. The summed E-state index contributed by atoms with van der Waals surface area (Å²) in [4.78, 5) is 11.5. The average Bonchev–Trinajstić information content (AvgIpc) is 2.66.